The number of aromatic nitrogens is 2. The first-order valence-electron chi connectivity index (χ1n) is 6.91. The van der Waals surface area contributed by atoms with Crippen molar-refractivity contribution in [1.29, 1.82) is 0 Å². The molecule has 3 heteroatoms. The first-order valence-corrected chi connectivity index (χ1v) is 6.91. The van der Waals surface area contributed by atoms with E-state index >= 15 is 0 Å². The standard InChI is InChI=1S/C17H18N2O/c1-3-19-15-7-5-4-6-14(15)18-17(19)11-13-8-9-16(20)12(2)10-13/h4-10,20H,3,11H2,1-2H3. The highest BCUT2D eigenvalue weighted by Crippen LogP contribution is 2.21. The second-order valence-electron chi connectivity index (χ2n) is 5.06. The highest BCUT2D eigenvalue weighted by atomic mass is 16.3. The van der Waals surface area contributed by atoms with E-state index in [1.807, 2.05) is 37.3 Å². The molecule has 0 fully saturated rings. The molecule has 0 aliphatic carbocycles. The van der Waals surface area contributed by atoms with Gasteiger partial charge < -0.3 is 9.67 Å². The van der Waals surface area contributed by atoms with E-state index in [0.717, 1.165) is 29.9 Å². The first kappa shape index (κ1) is 12.7. The van der Waals surface area contributed by atoms with Gasteiger partial charge in [0.05, 0.1) is 11.0 Å². The second kappa shape index (κ2) is 5.00. The maximum absolute atomic E-state index is 9.60. The Balaban J connectivity index is 2.03. The monoisotopic (exact) mass is 266 g/mol. The summed E-state index contributed by atoms with van der Waals surface area (Å²) in [4.78, 5) is 4.73. The van der Waals surface area contributed by atoms with Crippen molar-refractivity contribution in [1.82, 2.24) is 9.55 Å². The van der Waals surface area contributed by atoms with E-state index in [0.29, 0.717) is 5.75 Å². The summed E-state index contributed by atoms with van der Waals surface area (Å²) in [6.07, 6.45) is 0.781. The predicted octanol–water partition coefficient (Wildman–Crippen LogP) is 3.66. The molecule has 1 aromatic heterocycles. The normalized spacial score (nSPS) is 11.1. The number of fused-ring (bicyclic) bond motifs is 1. The molecule has 1 N–H and O–H groups in total. The molecule has 3 nitrogen and oxygen atoms in total. The van der Waals surface area contributed by atoms with Crippen molar-refractivity contribution in [2.75, 3.05) is 0 Å². The minimum absolute atomic E-state index is 0.345. The molecule has 102 valence electrons. The molecule has 0 amide bonds. The molecule has 0 aliphatic rings. The maximum Gasteiger partial charge on any atom is 0.118 e. The molecule has 1 heterocycles. The summed E-state index contributed by atoms with van der Waals surface area (Å²) in [7, 11) is 0. The highest BCUT2D eigenvalue weighted by molar-refractivity contribution is 5.76. The van der Waals surface area contributed by atoms with E-state index in [2.05, 4.69) is 17.6 Å². The number of rotatable bonds is 3. The van der Waals surface area contributed by atoms with Crippen molar-refractivity contribution in [2.24, 2.45) is 0 Å². The minimum atomic E-state index is 0.345. The molecular formula is C17H18N2O. The van der Waals surface area contributed by atoms with E-state index < -0.39 is 0 Å². The van der Waals surface area contributed by atoms with E-state index in [1.165, 1.54) is 11.1 Å². The number of para-hydroxylation sites is 2. The van der Waals surface area contributed by atoms with Crippen LogP contribution < -0.4 is 0 Å². The van der Waals surface area contributed by atoms with E-state index in [-0.39, 0.29) is 0 Å². The Hall–Kier alpha value is -2.29. The summed E-state index contributed by atoms with van der Waals surface area (Å²) < 4.78 is 2.25. The topological polar surface area (TPSA) is 38.0 Å². The molecule has 20 heavy (non-hydrogen) atoms. The molecule has 0 unspecified atom stereocenters. The van der Waals surface area contributed by atoms with Crippen LogP contribution in [0.5, 0.6) is 5.75 Å². The number of imidazole rings is 1. The predicted molar refractivity (Wildman–Crippen MR) is 81.1 cm³/mol. The van der Waals surface area contributed by atoms with Crippen LogP contribution in [-0.2, 0) is 13.0 Å². The van der Waals surface area contributed by atoms with Crippen LogP contribution in [0.15, 0.2) is 42.5 Å². The van der Waals surface area contributed by atoms with Gasteiger partial charge in [0, 0.05) is 13.0 Å². The molecule has 0 spiro atoms. The summed E-state index contributed by atoms with van der Waals surface area (Å²) in [6.45, 7) is 4.97. The van der Waals surface area contributed by atoms with Crippen LogP contribution in [0.25, 0.3) is 11.0 Å². The number of aryl methyl sites for hydroxylation is 2. The van der Waals surface area contributed by atoms with Gasteiger partial charge in [0.25, 0.3) is 0 Å². The molecule has 0 saturated heterocycles. The second-order valence-corrected chi connectivity index (χ2v) is 5.06. The number of hydrogen-bond acceptors (Lipinski definition) is 2. The summed E-state index contributed by atoms with van der Waals surface area (Å²) in [5.41, 5.74) is 4.30. The van der Waals surface area contributed by atoms with Crippen LogP contribution in [0.3, 0.4) is 0 Å². The van der Waals surface area contributed by atoms with Crippen LogP contribution in [0.2, 0.25) is 0 Å². The number of hydrogen-bond donors (Lipinski definition) is 1. The number of nitrogens with zero attached hydrogens (tertiary/aromatic N) is 2. The molecule has 3 aromatic rings. The Morgan fingerprint density at radius 2 is 1.95 bits per heavy atom. The summed E-state index contributed by atoms with van der Waals surface area (Å²) in [6, 6.07) is 14.0. The van der Waals surface area contributed by atoms with Gasteiger partial charge in [0.15, 0.2) is 0 Å². The zero-order valence-corrected chi connectivity index (χ0v) is 11.8. The van der Waals surface area contributed by atoms with Crippen LogP contribution in [0.4, 0.5) is 0 Å². The largest absolute Gasteiger partial charge is 0.508 e. The Morgan fingerprint density at radius 3 is 2.70 bits per heavy atom. The number of aromatic hydroxyl groups is 1. The molecule has 0 aliphatic heterocycles. The first-order chi connectivity index (χ1) is 9.69. The zero-order valence-electron chi connectivity index (χ0n) is 11.8. The molecule has 0 radical (unpaired) electrons. The van der Waals surface area contributed by atoms with Gasteiger partial charge in [-0.1, -0.05) is 24.3 Å². The van der Waals surface area contributed by atoms with Crippen molar-refractivity contribution in [3.8, 4) is 5.75 Å². The zero-order chi connectivity index (χ0) is 14.1. The maximum atomic E-state index is 9.60. The fraction of sp³-hybridized carbons (Fsp3) is 0.235. The van der Waals surface area contributed by atoms with Gasteiger partial charge in [-0.3, -0.25) is 0 Å². The Kier molecular flexibility index (Phi) is 3.18. The van der Waals surface area contributed by atoms with E-state index in [9.17, 15) is 5.11 Å². The SMILES string of the molecule is CCn1c(Cc2ccc(O)c(C)c2)nc2ccccc21. The van der Waals surface area contributed by atoms with Gasteiger partial charge in [0.2, 0.25) is 0 Å². The molecule has 0 bridgehead atoms. The Morgan fingerprint density at radius 1 is 1.15 bits per heavy atom. The van der Waals surface area contributed by atoms with Gasteiger partial charge in [-0.15, -0.1) is 0 Å². The lowest BCUT2D eigenvalue weighted by Gasteiger charge is -2.07. The quantitative estimate of drug-likeness (QED) is 0.785. The molecular weight excluding hydrogens is 248 g/mol. The van der Waals surface area contributed by atoms with Crippen LogP contribution in [0, 0.1) is 6.92 Å². The van der Waals surface area contributed by atoms with Crippen LogP contribution >= 0.6 is 0 Å². The fourth-order valence-electron chi connectivity index (χ4n) is 2.62. The van der Waals surface area contributed by atoms with Crippen molar-refractivity contribution in [3.05, 3.63) is 59.4 Å². The van der Waals surface area contributed by atoms with Gasteiger partial charge >= 0.3 is 0 Å². The van der Waals surface area contributed by atoms with Crippen LogP contribution in [0.1, 0.15) is 23.9 Å². The smallest absolute Gasteiger partial charge is 0.118 e. The Labute approximate surface area is 118 Å². The van der Waals surface area contributed by atoms with Gasteiger partial charge in [0.1, 0.15) is 11.6 Å². The molecule has 3 rings (SSSR count). The minimum Gasteiger partial charge on any atom is -0.508 e. The van der Waals surface area contributed by atoms with E-state index in [1.54, 1.807) is 6.07 Å². The lowest BCUT2D eigenvalue weighted by atomic mass is 10.1. The lowest BCUT2D eigenvalue weighted by Crippen LogP contribution is -2.02. The fourth-order valence-corrected chi connectivity index (χ4v) is 2.62. The highest BCUT2D eigenvalue weighted by Gasteiger charge is 2.10. The number of benzene rings is 2. The van der Waals surface area contributed by atoms with Crippen molar-refractivity contribution < 1.29 is 5.11 Å². The van der Waals surface area contributed by atoms with Gasteiger partial charge in [-0.25, -0.2) is 4.98 Å². The third-order valence-corrected chi connectivity index (χ3v) is 3.67. The third kappa shape index (κ3) is 2.16. The third-order valence-electron chi connectivity index (χ3n) is 3.67. The lowest BCUT2D eigenvalue weighted by molar-refractivity contribution is 0.471. The average Bonchev–Trinajstić information content (AvgIpc) is 2.80. The number of phenolic OH excluding ortho intramolecular Hbond substituents is 1. The summed E-state index contributed by atoms with van der Waals surface area (Å²) >= 11 is 0. The van der Waals surface area contributed by atoms with Crippen LogP contribution in [-0.4, -0.2) is 14.7 Å². The van der Waals surface area contributed by atoms with Crippen molar-refractivity contribution in [2.45, 2.75) is 26.8 Å². The summed E-state index contributed by atoms with van der Waals surface area (Å²) in [5, 5.41) is 9.60. The van der Waals surface area contributed by atoms with E-state index in [4.69, 9.17) is 4.98 Å². The van der Waals surface area contributed by atoms with Crippen molar-refractivity contribution >= 4 is 11.0 Å². The summed E-state index contributed by atoms with van der Waals surface area (Å²) in [5.74, 6) is 1.41. The molecule has 2 aromatic carbocycles. The molecule has 0 atom stereocenters. The number of phenols is 1. The average molecular weight is 266 g/mol. The van der Waals surface area contributed by atoms with Gasteiger partial charge in [-0.2, -0.15) is 0 Å². The molecule has 0 saturated carbocycles. The Bertz CT molecular complexity index is 759. The van der Waals surface area contributed by atoms with Crippen molar-refractivity contribution in [3.63, 3.8) is 0 Å². The van der Waals surface area contributed by atoms with Gasteiger partial charge in [-0.05, 0) is 43.2 Å².